The predicted octanol–water partition coefficient (Wildman–Crippen LogP) is 1.03. The van der Waals surface area contributed by atoms with E-state index >= 15 is 0 Å². The maximum Gasteiger partial charge on any atom is 0.292 e. The Hall–Kier alpha value is -2.38. The summed E-state index contributed by atoms with van der Waals surface area (Å²) in [7, 11) is 0. The molecule has 2 heterocycles. The van der Waals surface area contributed by atoms with Crippen molar-refractivity contribution in [2.24, 2.45) is 5.73 Å². The van der Waals surface area contributed by atoms with Crippen molar-refractivity contribution >= 4 is 23.2 Å². The molecule has 8 heteroatoms. The van der Waals surface area contributed by atoms with Crippen LogP contribution in [-0.4, -0.2) is 52.3 Å². The number of benzene rings is 1. The van der Waals surface area contributed by atoms with E-state index in [0.29, 0.717) is 37.6 Å². The summed E-state index contributed by atoms with van der Waals surface area (Å²) >= 11 is 6.35. The van der Waals surface area contributed by atoms with Crippen LogP contribution >= 0.6 is 11.6 Å². The Labute approximate surface area is 155 Å². The van der Waals surface area contributed by atoms with Gasteiger partial charge in [-0.05, 0) is 25.0 Å². The third-order valence-corrected chi connectivity index (χ3v) is 5.38. The van der Waals surface area contributed by atoms with Crippen molar-refractivity contribution in [3.63, 3.8) is 0 Å². The van der Waals surface area contributed by atoms with Crippen LogP contribution in [0.5, 0.6) is 0 Å². The van der Waals surface area contributed by atoms with Crippen molar-refractivity contribution in [3.05, 3.63) is 51.9 Å². The minimum Gasteiger partial charge on any atom is -0.365 e. The van der Waals surface area contributed by atoms with E-state index in [1.54, 1.807) is 23.2 Å². The van der Waals surface area contributed by atoms with E-state index in [2.05, 4.69) is 5.10 Å². The summed E-state index contributed by atoms with van der Waals surface area (Å²) in [5.41, 5.74) is 6.27. The van der Waals surface area contributed by atoms with Gasteiger partial charge in [-0.25, -0.2) is 0 Å². The number of carbonyl (C=O) groups excluding carboxylic acids is 1. The summed E-state index contributed by atoms with van der Waals surface area (Å²) in [6.45, 7) is 2.32. The van der Waals surface area contributed by atoms with Gasteiger partial charge in [-0.15, -0.1) is 0 Å². The minimum atomic E-state index is -0.641. The third-order valence-electron chi connectivity index (χ3n) is 5.02. The van der Waals surface area contributed by atoms with Crippen LogP contribution in [-0.2, 0) is 4.79 Å². The van der Waals surface area contributed by atoms with Gasteiger partial charge < -0.3 is 15.5 Å². The van der Waals surface area contributed by atoms with Gasteiger partial charge in [0.25, 0.3) is 5.56 Å². The largest absolute Gasteiger partial charge is 0.365 e. The SMILES string of the molecule is NC1(C(=O)N2CCN(c3cnn(-c4ccccc4)c(=O)c3Cl)CC2)CC1. The Balaban J connectivity index is 1.52. The van der Waals surface area contributed by atoms with E-state index in [1.807, 2.05) is 23.1 Å². The highest BCUT2D eigenvalue weighted by Crippen LogP contribution is 2.34. The molecule has 1 aromatic carbocycles. The molecule has 0 radical (unpaired) electrons. The van der Waals surface area contributed by atoms with Gasteiger partial charge in [-0.3, -0.25) is 9.59 Å². The molecule has 1 amide bonds. The van der Waals surface area contributed by atoms with Gasteiger partial charge in [-0.2, -0.15) is 9.78 Å². The van der Waals surface area contributed by atoms with Crippen molar-refractivity contribution in [1.82, 2.24) is 14.7 Å². The molecule has 1 saturated carbocycles. The standard InChI is InChI=1S/C18H20ClN5O2/c19-15-14(12-21-24(16(15)25)13-4-2-1-3-5-13)22-8-10-23(11-9-22)17(26)18(20)6-7-18/h1-5,12H,6-11,20H2. The van der Waals surface area contributed by atoms with Crippen LogP contribution in [0.2, 0.25) is 5.02 Å². The molecule has 7 nitrogen and oxygen atoms in total. The molecule has 2 aliphatic rings. The van der Waals surface area contributed by atoms with Gasteiger partial charge in [0, 0.05) is 26.2 Å². The molecule has 0 atom stereocenters. The average Bonchev–Trinajstić information content (AvgIpc) is 3.43. The minimum absolute atomic E-state index is 0.0286. The highest BCUT2D eigenvalue weighted by molar-refractivity contribution is 6.33. The first-order valence-electron chi connectivity index (χ1n) is 8.66. The van der Waals surface area contributed by atoms with E-state index in [1.165, 1.54) is 4.68 Å². The van der Waals surface area contributed by atoms with Crippen LogP contribution in [0.25, 0.3) is 5.69 Å². The maximum absolute atomic E-state index is 12.6. The summed E-state index contributed by atoms with van der Waals surface area (Å²) in [6.07, 6.45) is 3.14. The maximum atomic E-state index is 12.6. The number of nitrogens with two attached hydrogens (primary N) is 1. The lowest BCUT2D eigenvalue weighted by Gasteiger charge is -2.37. The first-order chi connectivity index (χ1) is 12.5. The van der Waals surface area contributed by atoms with Crippen LogP contribution < -0.4 is 16.2 Å². The number of anilines is 1. The second-order valence-corrected chi connectivity index (χ2v) is 7.21. The molecule has 2 fully saturated rings. The number of carbonyl (C=O) groups is 1. The first-order valence-corrected chi connectivity index (χ1v) is 9.04. The van der Waals surface area contributed by atoms with Crippen LogP contribution in [0.1, 0.15) is 12.8 Å². The molecule has 0 bridgehead atoms. The Kier molecular flexibility index (Phi) is 4.20. The summed E-state index contributed by atoms with van der Waals surface area (Å²) in [5, 5.41) is 4.41. The van der Waals surface area contributed by atoms with E-state index in [-0.39, 0.29) is 16.5 Å². The van der Waals surface area contributed by atoms with E-state index in [0.717, 1.165) is 12.8 Å². The van der Waals surface area contributed by atoms with Crippen molar-refractivity contribution in [3.8, 4) is 5.69 Å². The Bertz CT molecular complexity index is 886. The van der Waals surface area contributed by atoms with Crippen molar-refractivity contribution in [2.45, 2.75) is 18.4 Å². The smallest absolute Gasteiger partial charge is 0.292 e. The van der Waals surface area contributed by atoms with Gasteiger partial charge >= 0.3 is 0 Å². The second-order valence-electron chi connectivity index (χ2n) is 6.83. The van der Waals surface area contributed by atoms with Crippen molar-refractivity contribution in [2.75, 3.05) is 31.1 Å². The number of hydrogen-bond donors (Lipinski definition) is 1. The topological polar surface area (TPSA) is 84.5 Å². The first kappa shape index (κ1) is 17.1. The summed E-state index contributed by atoms with van der Waals surface area (Å²) in [4.78, 5) is 28.7. The van der Waals surface area contributed by atoms with E-state index in [4.69, 9.17) is 17.3 Å². The number of hydrogen-bond acceptors (Lipinski definition) is 5. The number of aromatic nitrogens is 2. The number of para-hydroxylation sites is 1. The molecule has 1 saturated heterocycles. The van der Waals surface area contributed by atoms with Crippen LogP contribution in [0, 0.1) is 0 Å². The number of rotatable bonds is 3. The third kappa shape index (κ3) is 2.97. The van der Waals surface area contributed by atoms with E-state index in [9.17, 15) is 9.59 Å². The number of halogens is 1. The zero-order valence-corrected chi connectivity index (χ0v) is 15.0. The molecular formula is C18H20ClN5O2. The highest BCUT2D eigenvalue weighted by Gasteiger charge is 2.48. The fourth-order valence-electron chi connectivity index (χ4n) is 3.21. The molecule has 2 N–H and O–H groups in total. The number of amides is 1. The van der Waals surface area contributed by atoms with Crippen LogP contribution in [0.4, 0.5) is 5.69 Å². The quantitative estimate of drug-likeness (QED) is 0.868. The lowest BCUT2D eigenvalue weighted by molar-refractivity contribution is -0.133. The van der Waals surface area contributed by atoms with Gasteiger partial charge in [0.2, 0.25) is 5.91 Å². The molecule has 1 aliphatic heterocycles. The Morgan fingerprint density at radius 1 is 1.12 bits per heavy atom. The zero-order chi connectivity index (χ0) is 18.3. The average molecular weight is 374 g/mol. The molecular weight excluding hydrogens is 354 g/mol. The summed E-state index contributed by atoms with van der Waals surface area (Å²) in [5.74, 6) is 0.0286. The van der Waals surface area contributed by atoms with Gasteiger partial charge in [0.15, 0.2) is 0 Å². The van der Waals surface area contributed by atoms with Gasteiger partial charge in [0.05, 0.1) is 23.1 Å². The lowest BCUT2D eigenvalue weighted by Crippen LogP contribution is -2.54. The fraction of sp³-hybridized carbons (Fsp3) is 0.389. The molecule has 0 unspecified atom stereocenters. The lowest BCUT2D eigenvalue weighted by atomic mass is 10.2. The monoisotopic (exact) mass is 373 g/mol. The van der Waals surface area contributed by atoms with Crippen molar-refractivity contribution in [1.29, 1.82) is 0 Å². The zero-order valence-electron chi connectivity index (χ0n) is 14.3. The fourth-order valence-corrected chi connectivity index (χ4v) is 3.46. The predicted molar refractivity (Wildman–Crippen MR) is 99.8 cm³/mol. The van der Waals surface area contributed by atoms with Gasteiger partial charge in [0.1, 0.15) is 5.02 Å². The van der Waals surface area contributed by atoms with Crippen molar-refractivity contribution < 1.29 is 4.79 Å². The molecule has 4 rings (SSSR count). The normalized spacial score (nSPS) is 18.7. The molecule has 2 aromatic rings. The van der Waals surface area contributed by atoms with Crippen LogP contribution in [0.3, 0.4) is 0 Å². The van der Waals surface area contributed by atoms with Gasteiger partial charge in [-0.1, -0.05) is 29.8 Å². The Morgan fingerprint density at radius 2 is 1.77 bits per heavy atom. The summed E-state index contributed by atoms with van der Waals surface area (Å²) in [6, 6.07) is 9.15. The molecule has 26 heavy (non-hydrogen) atoms. The molecule has 1 aliphatic carbocycles. The van der Waals surface area contributed by atoms with E-state index < -0.39 is 5.54 Å². The second kappa shape index (κ2) is 6.41. The highest BCUT2D eigenvalue weighted by atomic mass is 35.5. The molecule has 1 aromatic heterocycles. The summed E-state index contributed by atoms with van der Waals surface area (Å²) < 4.78 is 1.29. The molecule has 136 valence electrons. The number of nitrogens with zero attached hydrogens (tertiary/aromatic N) is 4. The Morgan fingerprint density at radius 3 is 2.38 bits per heavy atom. The number of piperazine rings is 1. The van der Waals surface area contributed by atoms with Crippen LogP contribution in [0.15, 0.2) is 41.3 Å². The molecule has 0 spiro atoms.